The van der Waals surface area contributed by atoms with Gasteiger partial charge >= 0.3 is 0 Å². The van der Waals surface area contributed by atoms with Crippen molar-refractivity contribution in [2.45, 2.75) is 27.7 Å². The molecule has 4 rings (SSSR count). The Labute approximate surface area is 180 Å². The van der Waals surface area contributed by atoms with Gasteiger partial charge in [-0.25, -0.2) is 4.98 Å². The summed E-state index contributed by atoms with van der Waals surface area (Å²) in [6.45, 7) is 7.82. The van der Waals surface area contributed by atoms with Crippen LogP contribution in [-0.2, 0) is 0 Å². The molecule has 1 amide bonds. The van der Waals surface area contributed by atoms with Crippen molar-refractivity contribution in [1.29, 1.82) is 0 Å². The third kappa shape index (κ3) is 4.45. The summed E-state index contributed by atoms with van der Waals surface area (Å²) in [6.07, 6.45) is 1.72. The lowest BCUT2D eigenvalue weighted by Gasteiger charge is -2.10. The SMILES string of the molecule is Cc1ccc(C)c(C(=O)Nc2ccc(Oc3ccc(-n4cnc(C)c4C)nn3)cc2)c1. The molecular weight excluding hydrogens is 390 g/mol. The number of nitrogens with zero attached hydrogens (tertiary/aromatic N) is 4. The summed E-state index contributed by atoms with van der Waals surface area (Å²) >= 11 is 0. The number of nitrogens with one attached hydrogen (secondary N) is 1. The van der Waals surface area contributed by atoms with Crippen LogP contribution in [0.2, 0.25) is 0 Å². The second-order valence-electron chi connectivity index (χ2n) is 7.41. The third-order valence-electron chi connectivity index (χ3n) is 5.10. The van der Waals surface area contributed by atoms with Gasteiger partial charge in [-0.3, -0.25) is 9.36 Å². The van der Waals surface area contributed by atoms with Gasteiger partial charge in [0.05, 0.1) is 5.69 Å². The highest BCUT2D eigenvalue weighted by Gasteiger charge is 2.10. The molecule has 2 heterocycles. The van der Waals surface area contributed by atoms with Crippen LogP contribution in [0.25, 0.3) is 5.82 Å². The summed E-state index contributed by atoms with van der Waals surface area (Å²) in [7, 11) is 0. The van der Waals surface area contributed by atoms with Crippen molar-refractivity contribution in [1.82, 2.24) is 19.7 Å². The molecule has 31 heavy (non-hydrogen) atoms. The molecule has 1 N–H and O–H groups in total. The zero-order valence-electron chi connectivity index (χ0n) is 17.9. The standard InChI is InChI=1S/C24H23N5O2/c1-15-5-6-16(2)21(13-15)24(30)26-19-7-9-20(10-8-19)31-23-12-11-22(27-28-23)29-14-25-17(3)18(29)4/h5-14H,1-4H3,(H,26,30). The van der Waals surface area contributed by atoms with E-state index in [0.29, 0.717) is 28.7 Å². The Bertz CT molecular complexity index is 1230. The lowest BCUT2D eigenvalue weighted by Crippen LogP contribution is -2.13. The molecule has 0 spiro atoms. The summed E-state index contributed by atoms with van der Waals surface area (Å²) in [5, 5.41) is 11.3. The molecule has 7 nitrogen and oxygen atoms in total. The number of aryl methyl sites for hydroxylation is 3. The lowest BCUT2D eigenvalue weighted by atomic mass is 10.1. The molecule has 0 saturated carbocycles. The maximum absolute atomic E-state index is 12.6. The molecule has 156 valence electrons. The average Bonchev–Trinajstić information content (AvgIpc) is 3.10. The normalized spacial score (nSPS) is 10.7. The molecule has 0 radical (unpaired) electrons. The molecule has 2 aromatic heterocycles. The van der Waals surface area contributed by atoms with Crippen molar-refractivity contribution in [2.75, 3.05) is 5.32 Å². The van der Waals surface area contributed by atoms with Gasteiger partial charge in [0.2, 0.25) is 5.88 Å². The number of ether oxygens (including phenoxy) is 1. The lowest BCUT2D eigenvalue weighted by molar-refractivity contribution is 0.102. The highest BCUT2D eigenvalue weighted by atomic mass is 16.5. The van der Waals surface area contributed by atoms with Crippen molar-refractivity contribution in [2.24, 2.45) is 0 Å². The van der Waals surface area contributed by atoms with E-state index in [9.17, 15) is 4.79 Å². The smallest absolute Gasteiger partial charge is 0.255 e. The van der Waals surface area contributed by atoms with Crippen molar-refractivity contribution in [3.63, 3.8) is 0 Å². The van der Waals surface area contributed by atoms with E-state index in [1.54, 1.807) is 36.7 Å². The number of aromatic nitrogens is 4. The quantitative estimate of drug-likeness (QED) is 0.501. The number of carbonyl (C=O) groups excluding carboxylic acids is 1. The summed E-state index contributed by atoms with van der Waals surface area (Å²) in [4.78, 5) is 16.8. The Morgan fingerprint density at radius 1 is 0.935 bits per heavy atom. The van der Waals surface area contributed by atoms with Gasteiger partial charge < -0.3 is 10.1 Å². The Morgan fingerprint density at radius 3 is 2.35 bits per heavy atom. The van der Waals surface area contributed by atoms with Crippen LogP contribution in [0, 0.1) is 27.7 Å². The van der Waals surface area contributed by atoms with E-state index in [1.807, 2.05) is 56.5 Å². The zero-order valence-corrected chi connectivity index (χ0v) is 17.9. The molecule has 0 aliphatic carbocycles. The first-order chi connectivity index (χ1) is 14.9. The number of amides is 1. The van der Waals surface area contributed by atoms with E-state index in [4.69, 9.17) is 4.74 Å². The van der Waals surface area contributed by atoms with Gasteiger partial charge in [-0.1, -0.05) is 17.7 Å². The number of imidazole rings is 1. The second kappa shape index (κ2) is 8.39. The zero-order chi connectivity index (χ0) is 22.0. The first-order valence-corrected chi connectivity index (χ1v) is 9.92. The molecule has 0 aliphatic rings. The predicted octanol–water partition coefficient (Wildman–Crippen LogP) is 4.94. The first-order valence-electron chi connectivity index (χ1n) is 9.92. The summed E-state index contributed by atoms with van der Waals surface area (Å²) in [6, 6.07) is 16.5. The van der Waals surface area contributed by atoms with E-state index >= 15 is 0 Å². The van der Waals surface area contributed by atoms with Crippen LogP contribution in [-0.4, -0.2) is 25.7 Å². The summed E-state index contributed by atoms with van der Waals surface area (Å²) in [5.41, 5.74) is 5.30. The number of carbonyl (C=O) groups is 1. The van der Waals surface area contributed by atoms with Gasteiger partial charge in [0.1, 0.15) is 12.1 Å². The number of rotatable bonds is 5. The van der Waals surface area contributed by atoms with E-state index < -0.39 is 0 Å². The minimum atomic E-state index is -0.138. The fourth-order valence-corrected chi connectivity index (χ4v) is 3.13. The summed E-state index contributed by atoms with van der Waals surface area (Å²) in [5.74, 6) is 1.52. The highest BCUT2D eigenvalue weighted by molar-refractivity contribution is 6.05. The van der Waals surface area contributed by atoms with Gasteiger partial charge in [-0.05, 0) is 69.7 Å². The third-order valence-corrected chi connectivity index (χ3v) is 5.10. The molecular formula is C24H23N5O2. The van der Waals surface area contributed by atoms with Crippen molar-refractivity contribution < 1.29 is 9.53 Å². The fraction of sp³-hybridized carbons (Fsp3) is 0.167. The van der Waals surface area contributed by atoms with Crippen LogP contribution < -0.4 is 10.1 Å². The molecule has 2 aromatic carbocycles. The van der Waals surface area contributed by atoms with Crippen LogP contribution in [0.3, 0.4) is 0 Å². The minimum absolute atomic E-state index is 0.138. The molecule has 0 aliphatic heterocycles. The molecule has 0 fully saturated rings. The number of hydrogen-bond donors (Lipinski definition) is 1. The maximum Gasteiger partial charge on any atom is 0.255 e. The highest BCUT2D eigenvalue weighted by Crippen LogP contribution is 2.22. The van der Waals surface area contributed by atoms with Gasteiger partial charge in [-0.2, -0.15) is 0 Å². The van der Waals surface area contributed by atoms with Crippen LogP contribution in [0.1, 0.15) is 32.9 Å². The van der Waals surface area contributed by atoms with E-state index in [1.165, 1.54) is 0 Å². The summed E-state index contributed by atoms with van der Waals surface area (Å²) < 4.78 is 7.65. The topological polar surface area (TPSA) is 81.9 Å². The van der Waals surface area contributed by atoms with Gasteiger partial charge in [0.25, 0.3) is 5.91 Å². The Hall–Kier alpha value is -4.00. The number of hydrogen-bond acceptors (Lipinski definition) is 5. The molecule has 0 unspecified atom stereocenters. The molecule has 7 heteroatoms. The van der Waals surface area contributed by atoms with Gasteiger partial charge in [-0.15, -0.1) is 10.2 Å². The second-order valence-corrected chi connectivity index (χ2v) is 7.41. The molecule has 4 aromatic rings. The molecule has 0 atom stereocenters. The minimum Gasteiger partial charge on any atom is -0.438 e. The van der Waals surface area contributed by atoms with E-state index in [0.717, 1.165) is 22.5 Å². The number of benzene rings is 2. The largest absolute Gasteiger partial charge is 0.438 e. The number of anilines is 1. The Balaban J connectivity index is 1.42. The predicted molar refractivity (Wildman–Crippen MR) is 119 cm³/mol. The average molecular weight is 413 g/mol. The van der Waals surface area contributed by atoms with Gasteiger partial charge in [0, 0.05) is 23.0 Å². The first kappa shape index (κ1) is 20.3. The molecule has 0 bridgehead atoms. The van der Waals surface area contributed by atoms with E-state index in [-0.39, 0.29) is 5.91 Å². The van der Waals surface area contributed by atoms with Crippen LogP contribution >= 0.6 is 0 Å². The Kier molecular flexibility index (Phi) is 5.49. The van der Waals surface area contributed by atoms with Crippen molar-refractivity contribution >= 4 is 11.6 Å². The van der Waals surface area contributed by atoms with Crippen LogP contribution in [0.5, 0.6) is 11.6 Å². The fourth-order valence-electron chi connectivity index (χ4n) is 3.13. The van der Waals surface area contributed by atoms with Crippen molar-refractivity contribution in [3.8, 4) is 17.4 Å². The maximum atomic E-state index is 12.6. The van der Waals surface area contributed by atoms with Crippen LogP contribution in [0.15, 0.2) is 60.9 Å². The molecule has 0 saturated heterocycles. The monoisotopic (exact) mass is 413 g/mol. The van der Waals surface area contributed by atoms with E-state index in [2.05, 4.69) is 20.5 Å². The van der Waals surface area contributed by atoms with Crippen LogP contribution in [0.4, 0.5) is 5.69 Å². The Morgan fingerprint density at radius 2 is 1.71 bits per heavy atom. The van der Waals surface area contributed by atoms with Gasteiger partial charge in [0.15, 0.2) is 5.82 Å². The van der Waals surface area contributed by atoms with Crippen molar-refractivity contribution in [3.05, 3.63) is 89.0 Å².